The van der Waals surface area contributed by atoms with E-state index in [4.69, 9.17) is 16.3 Å². The number of carbonyl (C=O) groups is 2. The van der Waals surface area contributed by atoms with E-state index in [1.807, 2.05) is 4.57 Å². The number of amides is 1. The van der Waals surface area contributed by atoms with Gasteiger partial charge in [-0.3, -0.25) is 9.59 Å². The van der Waals surface area contributed by atoms with Crippen LogP contribution >= 0.6 is 23.4 Å². The quantitative estimate of drug-likeness (QED) is 0.281. The molecule has 0 aliphatic heterocycles. The minimum absolute atomic E-state index is 0.0378. The first-order valence-electron chi connectivity index (χ1n) is 9.38. The lowest BCUT2D eigenvalue weighted by molar-refractivity contribution is 0.0948. The van der Waals surface area contributed by atoms with Gasteiger partial charge >= 0.3 is 0 Å². The minimum atomic E-state index is -0.233. The molecule has 7 nitrogen and oxygen atoms in total. The molecule has 0 saturated carbocycles. The van der Waals surface area contributed by atoms with Gasteiger partial charge < -0.3 is 14.6 Å². The van der Waals surface area contributed by atoms with Crippen molar-refractivity contribution in [1.29, 1.82) is 0 Å². The maximum absolute atomic E-state index is 12.4. The Labute approximate surface area is 189 Å². The van der Waals surface area contributed by atoms with Gasteiger partial charge in [-0.2, -0.15) is 0 Å². The van der Waals surface area contributed by atoms with E-state index >= 15 is 0 Å². The lowest BCUT2D eigenvalue weighted by Gasteiger charge is -2.09. The number of nitrogens with one attached hydrogen (secondary N) is 1. The summed E-state index contributed by atoms with van der Waals surface area (Å²) in [5.41, 5.74) is 1.09. The number of carbonyl (C=O) groups excluding carboxylic acids is 2. The smallest absolute Gasteiger partial charge is 0.251 e. The molecule has 2 aromatic carbocycles. The summed E-state index contributed by atoms with van der Waals surface area (Å²) < 4.78 is 6.92. The van der Waals surface area contributed by atoms with E-state index in [1.54, 1.807) is 61.7 Å². The second kappa shape index (κ2) is 10.8. The third-order valence-corrected chi connectivity index (χ3v) is 5.58. The van der Waals surface area contributed by atoms with Crippen LogP contribution in [0.1, 0.15) is 26.5 Å². The van der Waals surface area contributed by atoms with Crippen molar-refractivity contribution in [1.82, 2.24) is 20.1 Å². The van der Waals surface area contributed by atoms with E-state index in [0.717, 1.165) is 0 Å². The standard InChI is InChI=1S/C22H21ClN4O3S/c1-3-12-27-20(13-24-21(29)16-6-10-18(30-2)11-7-16)25-26-22(27)31-14-19(28)15-4-8-17(23)9-5-15/h3-11H,1,12-14H2,2H3,(H,24,29). The Hall–Kier alpha value is -3.10. The Morgan fingerprint density at radius 3 is 2.45 bits per heavy atom. The Morgan fingerprint density at radius 1 is 1.13 bits per heavy atom. The van der Waals surface area contributed by atoms with Gasteiger partial charge in [-0.25, -0.2) is 0 Å². The number of ketones is 1. The van der Waals surface area contributed by atoms with Crippen molar-refractivity contribution in [2.24, 2.45) is 0 Å². The zero-order chi connectivity index (χ0) is 22.2. The Balaban J connectivity index is 1.63. The number of aromatic nitrogens is 3. The summed E-state index contributed by atoms with van der Waals surface area (Å²) in [5.74, 6) is 1.18. The van der Waals surface area contributed by atoms with Gasteiger partial charge in [-0.1, -0.05) is 29.4 Å². The van der Waals surface area contributed by atoms with Crippen LogP contribution in [0.25, 0.3) is 0 Å². The largest absolute Gasteiger partial charge is 0.497 e. The number of rotatable bonds is 10. The third-order valence-electron chi connectivity index (χ3n) is 4.36. The first-order chi connectivity index (χ1) is 15.0. The van der Waals surface area contributed by atoms with Gasteiger partial charge in [0, 0.05) is 22.7 Å². The Bertz CT molecular complexity index is 1070. The van der Waals surface area contributed by atoms with Crippen molar-refractivity contribution in [2.75, 3.05) is 12.9 Å². The molecule has 0 atom stereocenters. The topological polar surface area (TPSA) is 86.1 Å². The molecule has 0 radical (unpaired) electrons. The number of Topliss-reactive ketones (excluding diaryl/α,β-unsaturated/α-hetero) is 1. The lowest BCUT2D eigenvalue weighted by atomic mass is 10.1. The second-order valence-corrected chi connectivity index (χ2v) is 7.81. The molecule has 0 aliphatic carbocycles. The fraction of sp³-hybridized carbons (Fsp3) is 0.182. The maximum Gasteiger partial charge on any atom is 0.251 e. The maximum atomic E-state index is 12.4. The molecule has 1 N–H and O–H groups in total. The summed E-state index contributed by atoms with van der Waals surface area (Å²) in [6.45, 7) is 4.41. The number of halogens is 1. The molecular formula is C22H21ClN4O3S. The van der Waals surface area contributed by atoms with E-state index in [2.05, 4.69) is 22.1 Å². The molecule has 1 heterocycles. The fourth-order valence-electron chi connectivity index (χ4n) is 2.72. The number of methoxy groups -OCH3 is 1. The summed E-state index contributed by atoms with van der Waals surface area (Å²) in [6.07, 6.45) is 1.71. The molecule has 0 unspecified atom stereocenters. The van der Waals surface area contributed by atoms with Crippen LogP contribution in [0.4, 0.5) is 0 Å². The van der Waals surface area contributed by atoms with Gasteiger partial charge in [-0.05, 0) is 48.5 Å². The number of thioether (sulfide) groups is 1. The van der Waals surface area contributed by atoms with Crippen LogP contribution in [-0.2, 0) is 13.1 Å². The molecule has 31 heavy (non-hydrogen) atoms. The average Bonchev–Trinajstić information content (AvgIpc) is 3.18. The molecule has 1 aromatic heterocycles. The number of nitrogens with zero attached hydrogens (tertiary/aromatic N) is 3. The number of hydrogen-bond donors (Lipinski definition) is 1. The van der Waals surface area contributed by atoms with Crippen LogP contribution in [0.5, 0.6) is 5.75 Å². The van der Waals surface area contributed by atoms with E-state index < -0.39 is 0 Å². The van der Waals surface area contributed by atoms with Crippen LogP contribution in [0.3, 0.4) is 0 Å². The molecule has 0 bridgehead atoms. The summed E-state index contributed by atoms with van der Waals surface area (Å²) in [7, 11) is 1.57. The zero-order valence-corrected chi connectivity index (χ0v) is 18.4. The summed E-state index contributed by atoms with van der Waals surface area (Å²) >= 11 is 7.15. The highest BCUT2D eigenvalue weighted by molar-refractivity contribution is 7.99. The van der Waals surface area contributed by atoms with Crippen molar-refractivity contribution in [3.8, 4) is 5.75 Å². The first kappa shape index (κ1) is 22.6. The molecule has 0 fully saturated rings. The summed E-state index contributed by atoms with van der Waals surface area (Å²) in [4.78, 5) is 24.8. The van der Waals surface area contributed by atoms with E-state index in [9.17, 15) is 9.59 Å². The Morgan fingerprint density at radius 2 is 1.81 bits per heavy atom. The van der Waals surface area contributed by atoms with Gasteiger partial charge in [0.15, 0.2) is 16.8 Å². The van der Waals surface area contributed by atoms with Gasteiger partial charge in [0.1, 0.15) is 5.75 Å². The number of allylic oxidation sites excluding steroid dienone is 1. The predicted molar refractivity (Wildman–Crippen MR) is 121 cm³/mol. The van der Waals surface area contributed by atoms with E-state index in [0.29, 0.717) is 39.4 Å². The first-order valence-corrected chi connectivity index (χ1v) is 10.7. The summed E-state index contributed by atoms with van der Waals surface area (Å²) in [6, 6.07) is 13.6. The van der Waals surface area contributed by atoms with Crippen LogP contribution in [0, 0.1) is 0 Å². The van der Waals surface area contributed by atoms with Gasteiger partial charge in [0.2, 0.25) is 0 Å². The van der Waals surface area contributed by atoms with Gasteiger partial charge in [0.05, 0.1) is 19.4 Å². The predicted octanol–water partition coefficient (Wildman–Crippen LogP) is 4.03. The minimum Gasteiger partial charge on any atom is -0.497 e. The normalized spacial score (nSPS) is 10.5. The molecule has 3 aromatic rings. The van der Waals surface area contributed by atoms with Crippen molar-refractivity contribution in [3.63, 3.8) is 0 Å². The third kappa shape index (κ3) is 5.96. The van der Waals surface area contributed by atoms with Crippen LogP contribution in [-0.4, -0.2) is 39.3 Å². The van der Waals surface area contributed by atoms with Crippen molar-refractivity contribution in [2.45, 2.75) is 18.2 Å². The van der Waals surface area contributed by atoms with E-state index in [-0.39, 0.29) is 24.0 Å². The number of ether oxygens (including phenoxy) is 1. The zero-order valence-electron chi connectivity index (χ0n) is 16.9. The van der Waals surface area contributed by atoms with Crippen molar-refractivity contribution in [3.05, 3.63) is 83.2 Å². The molecule has 1 amide bonds. The monoisotopic (exact) mass is 456 g/mol. The molecule has 3 rings (SSSR count). The average molecular weight is 457 g/mol. The lowest BCUT2D eigenvalue weighted by Crippen LogP contribution is -2.24. The molecule has 160 valence electrons. The molecule has 0 saturated heterocycles. The van der Waals surface area contributed by atoms with Crippen LogP contribution in [0.2, 0.25) is 5.02 Å². The highest BCUT2D eigenvalue weighted by Crippen LogP contribution is 2.20. The number of benzene rings is 2. The summed E-state index contributed by atoms with van der Waals surface area (Å²) in [5, 5.41) is 12.3. The van der Waals surface area contributed by atoms with Crippen LogP contribution < -0.4 is 10.1 Å². The van der Waals surface area contributed by atoms with Crippen molar-refractivity contribution >= 4 is 35.1 Å². The van der Waals surface area contributed by atoms with Gasteiger partial charge in [0.25, 0.3) is 5.91 Å². The van der Waals surface area contributed by atoms with E-state index in [1.165, 1.54) is 11.8 Å². The SMILES string of the molecule is C=CCn1c(CNC(=O)c2ccc(OC)cc2)nnc1SCC(=O)c1ccc(Cl)cc1. The fourth-order valence-corrected chi connectivity index (χ4v) is 3.71. The molecule has 0 aliphatic rings. The highest BCUT2D eigenvalue weighted by atomic mass is 35.5. The second-order valence-electron chi connectivity index (χ2n) is 6.43. The molecular weight excluding hydrogens is 436 g/mol. The van der Waals surface area contributed by atoms with Crippen molar-refractivity contribution < 1.29 is 14.3 Å². The Kier molecular flexibility index (Phi) is 7.86. The molecule has 0 spiro atoms. The van der Waals surface area contributed by atoms with Gasteiger partial charge in [-0.15, -0.1) is 16.8 Å². The molecule has 9 heteroatoms. The highest BCUT2D eigenvalue weighted by Gasteiger charge is 2.15. The number of hydrogen-bond acceptors (Lipinski definition) is 6. The van der Waals surface area contributed by atoms with Crippen LogP contribution in [0.15, 0.2) is 66.3 Å².